The second kappa shape index (κ2) is 27.1. The van der Waals surface area contributed by atoms with Gasteiger partial charge in [0.25, 0.3) is 0 Å². The number of methoxy groups -OCH3 is 1. The SMILES string of the molecule is CO[C@H]1C=CCCCCC(=NNC(=O)CCOCCOCCOCCOCCNC(=O)CCCCC2SCC3NC(=O)NC32)CCC(C)=CC(C)[C@@H]1O. The van der Waals surface area contributed by atoms with Crippen molar-refractivity contribution in [3.8, 4) is 0 Å². The highest BCUT2D eigenvalue weighted by atomic mass is 32.2. The summed E-state index contributed by atoms with van der Waals surface area (Å²) in [4.78, 5) is 35.9. The van der Waals surface area contributed by atoms with Crippen LogP contribution in [0.15, 0.2) is 28.9 Å². The van der Waals surface area contributed by atoms with Crippen LogP contribution < -0.4 is 21.4 Å². The number of aliphatic hydroxyl groups excluding tert-OH is 1. The number of nitrogens with one attached hydrogen (secondary N) is 4. The Kier molecular flexibility index (Phi) is 23.0. The van der Waals surface area contributed by atoms with Crippen molar-refractivity contribution < 1.29 is 43.2 Å². The second-order valence-electron chi connectivity index (χ2n) is 13.9. The van der Waals surface area contributed by atoms with E-state index >= 15 is 0 Å². The third-order valence-corrected chi connectivity index (χ3v) is 11.0. The van der Waals surface area contributed by atoms with E-state index in [-0.39, 0.29) is 55.0 Å². The summed E-state index contributed by atoms with van der Waals surface area (Å²) in [6, 6.07) is 0.389. The lowest BCUT2D eigenvalue weighted by atomic mass is 9.94. The molecule has 0 spiro atoms. The Balaban J connectivity index is 1.10. The Morgan fingerprint density at radius 1 is 0.925 bits per heavy atom. The van der Waals surface area contributed by atoms with Crippen molar-refractivity contribution in [1.29, 1.82) is 0 Å². The standard InChI is InChI=1S/C38H65N5O9S/c1-28-14-15-30(10-6-4-5-7-11-32(48-3)37(46)29(2)26-28)42-43-35(45)16-18-49-20-22-51-24-25-52-23-21-50-19-17-39-34(44)13-9-8-12-33-36-31(27-53-33)40-38(47)41-36/h7,11,26,29,31-33,36-37,46H,4-6,8-10,12-25,27H2,1-3H3,(H,39,44)(H,43,45)(H2,40,41,47)/t29?,31?,32-,33?,36?,37-/m0/s1. The van der Waals surface area contributed by atoms with Gasteiger partial charge in [0.15, 0.2) is 0 Å². The number of unbranched alkanes of at least 4 members (excludes halogenated alkanes) is 1. The van der Waals surface area contributed by atoms with Gasteiger partial charge in [-0.3, -0.25) is 9.59 Å². The molecule has 2 heterocycles. The molecule has 6 atom stereocenters. The van der Waals surface area contributed by atoms with Crippen LogP contribution in [0, 0.1) is 5.92 Å². The van der Waals surface area contributed by atoms with E-state index in [1.807, 2.05) is 24.8 Å². The maximum absolute atomic E-state index is 12.4. The van der Waals surface area contributed by atoms with Crippen LogP contribution in [0.25, 0.3) is 0 Å². The van der Waals surface area contributed by atoms with E-state index in [1.165, 1.54) is 5.57 Å². The van der Waals surface area contributed by atoms with Gasteiger partial charge in [-0.15, -0.1) is 0 Å². The molecular weight excluding hydrogens is 703 g/mol. The number of ether oxygens (including phenoxy) is 5. The van der Waals surface area contributed by atoms with Crippen molar-refractivity contribution in [2.45, 2.75) is 114 Å². The molecule has 0 aromatic rings. The van der Waals surface area contributed by atoms with Gasteiger partial charge in [0.1, 0.15) is 6.10 Å². The number of fused-ring (bicyclic) bond motifs is 1. The van der Waals surface area contributed by atoms with Crippen LogP contribution in [0.4, 0.5) is 4.79 Å². The zero-order valence-electron chi connectivity index (χ0n) is 32.1. The number of rotatable bonds is 22. The van der Waals surface area contributed by atoms with Gasteiger partial charge in [0.2, 0.25) is 11.8 Å². The third kappa shape index (κ3) is 19.1. The largest absolute Gasteiger partial charge is 0.389 e. The summed E-state index contributed by atoms with van der Waals surface area (Å²) in [5.74, 6) is 0.758. The van der Waals surface area contributed by atoms with Crippen LogP contribution in [0.3, 0.4) is 0 Å². The Hall–Kier alpha value is -2.53. The molecule has 14 nitrogen and oxygen atoms in total. The maximum atomic E-state index is 12.4. The molecule has 0 radical (unpaired) electrons. The summed E-state index contributed by atoms with van der Waals surface area (Å²) in [5, 5.41) is 24.4. The molecule has 0 aromatic carbocycles. The monoisotopic (exact) mass is 767 g/mol. The van der Waals surface area contributed by atoms with Crippen molar-refractivity contribution in [2.24, 2.45) is 11.0 Å². The minimum atomic E-state index is -0.610. The Morgan fingerprint density at radius 2 is 1.64 bits per heavy atom. The zero-order chi connectivity index (χ0) is 38.1. The highest BCUT2D eigenvalue weighted by Gasteiger charge is 2.42. The summed E-state index contributed by atoms with van der Waals surface area (Å²) in [7, 11) is 1.63. The summed E-state index contributed by atoms with van der Waals surface area (Å²) >= 11 is 1.90. The van der Waals surface area contributed by atoms with Gasteiger partial charge in [0.05, 0.1) is 77.5 Å². The Labute approximate surface area is 320 Å². The Bertz CT molecular complexity index is 1170. The van der Waals surface area contributed by atoms with Crippen LogP contribution >= 0.6 is 11.8 Å². The molecule has 302 valence electrons. The van der Waals surface area contributed by atoms with Crippen LogP contribution in [0.5, 0.6) is 0 Å². The molecule has 5 N–H and O–H groups in total. The minimum Gasteiger partial charge on any atom is -0.389 e. The number of carbonyl (C=O) groups excluding carboxylic acids is 3. The van der Waals surface area contributed by atoms with E-state index in [9.17, 15) is 19.5 Å². The smallest absolute Gasteiger partial charge is 0.315 e. The number of hydrazone groups is 1. The predicted molar refractivity (Wildman–Crippen MR) is 207 cm³/mol. The van der Waals surface area contributed by atoms with Crippen molar-refractivity contribution in [2.75, 3.05) is 72.3 Å². The fourth-order valence-electron chi connectivity index (χ4n) is 6.41. The molecule has 0 bridgehead atoms. The highest BCUT2D eigenvalue weighted by Crippen LogP contribution is 2.33. The average Bonchev–Trinajstić information content (AvgIpc) is 3.70. The minimum absolute atomic E-state index is 0.0333. The molecular formula is C38H65N5O9S. The fourth-order valence-corrected chi connectivity index (χ4v) is 7.95. The Morgan fingerprint density at radius 3 is 2.38 bits per heavy atom. The quantitative estimate of drug-likeness (QED) is 0.0473. The molecule has 4 unspecified atom stereocenters. The lowest BCUT2D eigenvalue weighted by Crippen LogP contribution is -2.36. The summed E-state index contributed by atoms with van der Waals surface area (Å²) in [6.45, 7) is 7.78. The number of carbonyl (C=O) groups is 3. The topological polar surface area (TPSA) is 178 Å². The van der Waals surface area contributed by atoms with E-state index in [1.54, 1.807) is 7.11 Å². The predicted octanol–water partition coefficient (Wildman–Crippen LogP) is 3.63. The van der Waals surface area contributed by atoms with Gasteiger partial charge >= 0.3 is 6.03 Å². The van der Waals surface area contributed by atoms with Crippen LogP contribution in [0.1, 0.15) is 84.5 Å². The number of allylic oxidation sites excluding steroid dienone is 2. The van der Waals surface area contributed by atoms with E-state index < -0.39 is 6.10 Å². The number of amides is 4. The van der Waals surface area contributed by atoms with Crippen molar-refractivity contribution in [1.82, 2.24) is 21.4 Å². The van der Waals surface area contributed by atoms with Gasteiger partial charge in [-0.25, -0.2) is 10.2 Å². The average molecular weight is 768 g/mol. The highest BCUT2D eigenvalue weighted by molar-refractivity contribution is 8.00. The van der Waals surface area contributed by atoms with Gasteiger partial charge in [-0.05, 0) is 58.3 Å². The van der Waals surface area contributed by atoms with Gasteiger partial charge in [-0.1, -0.05) is 37.1 Å². The number of nitrogens with zero attached hydrogens (tertiary/aromatic N) is 1. The normalized spacial score (nSPS) is 26.0. The third-order valence-electron chi connectivity index (χ3n) is 9.49. The molecule has 2 fully saturated rings. The second-order valence-corrected chi connectivity index (χ2v) is 15.1. The molecule has 3 rings (SSSR count). The number of thioether (sulfide) groups is 1. The van der Waals surface area contributed by atoms with Crippen molar-refractivity contribution in [3.63, 3.8) is 0 Å². The molecule has 4 amide bonds. The molecule has 3 aliphatic rings. The lowest BCUT2D eigenvalue weighted by Gasteiger charge is -2.23. The van der Waals surface area contributed by atoms with Gasteiger partial charge in [0, 0.05) is 42.7 Å². The van der Waals surface area contributed by atoms with Crippen LogP contribution in [-0.2, 0) is 33.3 Å². The molecule has 15 heteroatoms. The van der Waals surface area contributed by atoms with E-state index in [0.29, 0.717) is 64.5 Å². The number of hydrogen-bond donors (Lipinski definition) is 5. The molecule has 1 aliphatic carbocycles. The number of urea groups is 1. The molecule has 53 heavy (non-hydrogen) atoms. The summed E-state index contributed by atoms with van der Waals surface area (Å²) in [6.07, 6.45) is 13.9. The van der Waals surface area contributed by atoms with Crippen molar-refractivity contribution >= 4 is 35.3 Å². The van der Waals surface area contributed by atoms with Crippen LogP contribution in [-0.4, -0.2) is 130 Å². The van der Waals surface area contributed by atoms with Gasteiger partial charge in [-0.2, -0.15) is 16.9 Å². The summed E-state index contributed by atoms with van der Waals surface area (Å²) in [5.41, 5.74) is 4.84. The van der Waals surface area contributed by atoms with E-state index in [4.69, 9.17) is 23.7 Å². The lowest BCUT2D eigenvalue weighted by molar-refractivity contribution is -0.122. The molecule has 2 saturated heterocycles. The first kappa shape index (κ1) is 44.9. The first-order chi connectivity index (χ1) is 25.8. The van der Waals surface area contributed by atoms with E-state index in [2.05, 4.69) is 45.6 Å². The fraction of sp³-hybridized carbons (Fsp3) is 0.789. The van der Waals surface area contributed by atoms with E-state index in [0.717, 1.165) is 69.3 Å². The summed E-state index contributed by atoms with van der Waals surface area (Å²) < 4.78 is 27.6. The molecule has 0 aromatic heterocycles. The number of aliphatic hydroxyl groups is 1. The van der Waals surface area contributed by atoms with Gasteiger partial charge < -0.3 is 44.7 Å². The first-order valence-corrected chi connectivity index (χ1v) is 20.5. The van der Waals surface area contributed by atoms with Crippen molar-refractivity contribution in [3.05, 3.63) is 23.8 Å². The zero-order valence-corrected chi connectivity index (χ0v) is 32.9. The maximum Gasteiger partial charge on any atom is 0.315 e. The number of hydrogen-bond acceptors (Lipinski definition) is 11. The molecule has 2 aliphatic heterocycles. The van der Waals surface area contributed by atoms with Crippen LogP contribution in [0.2, 0.25) is 0 Å². The first-order valence-electron chi connectivity index (χ1n) is 19.4. The molecule has 0 saturated carbocycles.